The number of aromatic hydroxyl groups is 1. The molecule has 1 amide bonds. The smallest absolute Gasteiger partial charge is 0.271 e. The Morgan fingerprint density at radius 3 is 2.77 bits per heavy atom. The maximum Gasteiger partial charge on any atom is 0.271 e. The third-order valence-electron chi connectivity index (χ3n) is 4.57. The molecule has 0 unspecified atom stereocenters. The van der Waals surface area contributed by atoms with Crippen molar-refractivity contribution in [2.45, 2.75) is 10.9 Å². The van der Waals surface area contributed by atoms with Crippen LogP contribution in [0.15, 0.2) is 64.9 Å². The summed E-state index contributed by atoms with van der Waals surface area (Å²) in [7, 11) is 1.81. The fourth-order valence-electron chi connectivity index (χ4n) is 2.98. The number of benzene rings is 3. The van der Waals surface area contributed by atoms with Crippen LogP contribution in [-0.4, -0.2) is 37.4 Å². The zero-order valence-corrected chi connectivity index (χ0v) is 17.9. The van der Waals surface area contributed by atoms with Crippen molar-refractivity contribution in [1.29, 1.82) is 0 Å². The first-order valence-corrected chi connectivity index (χ1v) is 10.6. The number of amides is 1. The van der Waals surface area contributed by atoms with Crippen molar-refractivity contribution in [2.24, 2.45) is 12.1 Å². The van der Waals surface area contributed by atoms with E-state index in [2.05, 4.69) is 32.1 Å². The van der Waals surface area contributed by atoms with Crippen LogP contribution in [0, 0.1) is 0 Å². The molecule has 0 spiro atoms. The Labute approximate surface area is 186 Å². The van der Waals surface area contributed by atoms with Crippen LogP contribution in [0.25, 0.3) is 10.8 Å². The molecule has 4 rings (SSSR count). The number of thioether (sulfide) groups is 1. The lowest BCUT2D eigenvalue weighted by Gasteiger charge is -2.09. The Kier molecular flexibility index (Phi) is 6.15. The fraction of sp³-hybridized carbons (Fsp3) is 0.0952. The number of rotatable bonds is 6. The second kappa shape index (κ2) is 9.15. The second-order valence-corrected chi connectivity index (χ2v) is 7.95. The number of tetrazole rings is 1. The molecular formula is C21H17ClN6O2S. The van der Waals surface area contributed by atoms with Crippen LogP contribution in [0.1, 0.15) is 21.5 Å². The molecule has 8 nitrogen and oxygen atoms in total. The number of phenolic OH excluding ortho intramolecular Hbond substituents is 1. The molecule has 2 N–H and O–H groups in total. The highest BCUT2D eigenvalue weighted by atomic mass is 35.5. The van der Waals surface area contributed by atoms with Crippen LogP contribution in [-0.2, 0) is 12.8 Å². The van der Waals surface area contributed by atoms with Gasteiger partial charge in [-0.15, -0.1) is 5.10 Å². The molecule has 0 bridgehead atoms. The van der Waals surface area contributed by atoms with E-state index in [4.69, 9.17) is 11.6 Å². The number of halogens is 1. The number of aryl methyl sites for hydroxylation is 1. The Morgan fingerprint density at radius 1 is 1.23 bits per heavy atom. The molecule has 0 aliphatic heterocycles. The lowest BCUT2D eigenvalue weighted by molar-refractivity contribution is 0.0955. The largest absolute Gasteiger partial charge is 0.506 e. The highest BCUT2D eigenvalue weighted by molar-refractivity contribution is 7.98. The lowest BCUT2D eigenvalue weighted by atomic mass is 10.0. The lowest BCUT2D eigenvalue weighted by Crippen LogP contribution is -2.17. The van der Waals surface area contributed by atoms with E-state index in [-0.39, 0.29) is 10.8 Å². The molecule has 156 valence electrons. The Morgan fingerprint density at radius 2 is 2.03 bits per heavy atom. The van der Waals surface area contributed by atoms with Gasteiger partial charge in [0.15, 0.2) is 0 Å². The third kappa shape index (κ3) is 4.68. The number of nitrogens with one attached hydrogen (secondary N) is 1. The predicted molar refractivity (Wildman–Crippen MR) is 120 cm³/mol. The summed E-state index contributed by atoms with van der Waals surface area (Å²) in [6.45, 7) is 0. The van der Waals surface area contributed by atoms with Gasteiger partial charge in [0.25, 0.3) is 5.91 Å². The van der Waals surface area contributed by atoms with Crippen LogP contribution < -0.4 is 5.43 Å². The van der Waals surface area contributed by atoms with E-state index in [1.54, 1.807) is 29.7 Å². The van der Waals surface area contributed by atoms with E-state index >= 15 is 0 Å². The van der Waals surface area contributed by atoms with Gasteiger partial charge in [-0.05, 0) is 45.0 Å². The summed E-state index contributed by atoms with van der Waals surface area (Å²) in [5, 5.41) is 28.0. The molecule has 0 fully saturated rings. The quantitative estimate of drug-likeness (QED) is 0.262. The van der Waals surface area contributed by atoms with Gasteiger partial charge >= 0.3 is 0 Å². The number of nitrogens with zero attached hydrogens (tertiary/aromatic N) is 5. The van der Waals surface area contributed by atoms with Gasteiger partial charge in [-0.25, -0.2) is 10.1 Å². The standard InChI is InChI=1S/C21H17ClN6O2S/c1-28-21(25-26-27-28)31-12-15-7-6-14(16-4-2-3-5-17(15)16)11-23-24-20(30)13-8-9-19(29)18(22)10-13/h2-11,29H,12H2,1H3,(H,24,30). The van der Waals surface area contributed by atoms with Crippen molar-refractivity contribution >= 4 is 46.3 Å². The number of phenols is 1. The first-order chi connectivity index (χ1) is 15.0. The summed E-state index contributed by atoms with van der Waals surface area (Å²) >= 11 is 7.41. The monoisotopic (exact) mass is 452 g/mol. The van der Waals surface area contributed by atoms with Gasteiger partial charge in [-0.2, -0.15) is 5.10 Å². The first kappa shape index (κ1) is 20.8. The SMILES string of the molecule is Cn1nnnc1SCc1ccc(C=NNC(=O)c2ccc(O)c(Cl)c2)c2ccccc12. The van der Waals surface area contributed by atoms with Gasteiger partial charge in [0.05, 0.1) is 11.2 Å². The number of fused-ring (bicyclic) bond motifs is 1. The maximum absolute atomic E-state index is 12.3. The maximum atomic E-state index is 12.3. The molecule has 0 aliphatic rings. The Hall–Kier alpha value is -3.43. The molecular weight excluding hydrogens is 436 g/mol. The van der Waals surface area contributed by atoms with E-state index in [1.165, 1.54) is 18.2 Å². The van der Waals surface area contributed by atoms with Crippen LogP contribution in [0.5, 0.6) is 5.75 Å². The molecule has 1 aromatic heterocycles. The average Bonchev–Trinajstić information content (AvgIpc) is 3.19. The minimum atomic E-state index is -0.423. The normalized spacial score (nSPS) is 11.3. The van der Waals surface area contributed by atoms with Crippen molar-refractivity contribution in [2.75, 3.05) is 0 Å². The molecule has 1 heterocycles. The average molecular weight is 453 g/mol. The number of carbonyl (C=O) groups excluding carboxylic acids is 1. The molecule has 31 heavy (non-hydrogen) atoms. The van der Waals surface area contributed by atoms with Gasteiger partial charge in [0.1, 0.15) is 5.75 Å². The number of carbonyl (C=O) groups is 1. The van der Waals surface area contributed by atoms with Gasteiger partial charge in [0.2, 0.25) is 5.16 Å². The van der Waals surface area contributed by atoms with Crippen molar-refractivity contribution in [1.82, 2.24) is 25.6 Å². The summed E-state index contributed by atoms with van der Waals surface area (Å²) < 4.78 is 1.64. The number of aromatic nitrogens is 4. The summed E-state index contributed by atoms with van der Waals surface area (Å²) in [6.07, 6.45) is 1.60. The van der Waals surface area contributed by atoms with E-state index in [0.717, 1.165) is 27.1 Å². The number of hydrogen-bond donors (Lipinski definition) is 2. The molecule has 10 heteroatoms. The topological polar surface area (TPSA) is 105 Å². The Balaban J connectivity index is 1.52. The van der Waals surface area contributed by atoms with Crippen LogP contribution in [0.2, 0.25) is 5.02 Å². The van der Waals surface area contributed by atoms with Crippen LogP contribution >= 0.6 is 23.4 Å². The van der Waals surface area contributed by atoms with E-state index in [0.29, 0.717) is 11.3 Å². The fourth-order valence-corrected chi connectivity index (χ4v) is 4.02. The first-order valence-electron chi connectivity index (χ1n) is 9.20. The molecule has 0 saturated heterocycles. The van der Waals surface area contributed by atoms with Gasteiger partial charge in [-0.3, -0.25) is 4.79 Å². The Bertz CT molecular complexity index is 1290. The molecule has 3 aromatic carbocycles. The summed E-state index contributed by atoms with van der Waals surface area (Å²) in [5.41, 5.74) is 4.80. The molecule has 0 aliphatic carbocycles. The van der Waals surface area contributed by atoms with Crippen molar-refractivity contribution in [3.05, 3.63) is 76.3 Å². The van der Waals surface area contributed by atoms with E-state index in [1.807, 2.05) is 30.3 Å². The number of hydrazone groups is 1. The van der Waals surface area contributed by atoms with Crippen LogP contribution in [0.4, 0.5) is 0 Å². The molecule has 0 atom stereocenters. The highest BCUT2D eigenvalue weighted by Crippen LogP contribution is 2.27. The molecule has 4 aromatic rings. The van der Waals surface area contributed by atoms with Gasteiger partial charge in [0, 0.05) is 23.9 Å². The number of hydrogen-bond acceptors (Lipinski definition) is 7. The summed E-state index contributed by atoms with van der Waals surface area (Å²) in [4.78, 5) is 12.3. The molecule has 0 saturated carbocycles. The highest BCUT2D eigenvalue weighted by Gasteiger charge is 2.09. The van der Waals surface area contributed by atoms with Crippen molar-refractivity contribution in [3.63, 3.8) is 0 Å². The second-order valence-electron chi connectivity index (χ2n) is 6.60. The zero-order chi connectivity index (χ0) is 21.8. The van der Waals surface area contributed by atoms with Gasteiger partial charge in [-0.1, -0.05) is 59.8 Å². The minimum Gasteiger partial charge on any atom is -0.506 e. The van der Waals surface area contributed by atoms with Crippen molar-refractivity contribution in [3.8, 4) is 5.75 Å². The van der Waals surface area contributed by atoms with Crippen molar-refractivity contribution < 1.29 is 9.90 Å². The summed E-state index contributed by atoms with van der Waals surface area (Å²) in [5.74, 6) is 0.208. The van der Waals surface area contributed by atoms with E-state index < -0.39 is 5.91 Å². The third-order valence-corrected chi connectivity index (χ3v) is 5.93. The predicted octanol–water partition coefficient (Wildman–Crippen LogP) is 3.78. The zero-order valence-electron chi connectivity index (χ0n) is 16.4. The van der Waals surface area contributed by atoms with Crippen LogP contribution in [0.3, 0.4) is 0 Å². The molecule has 0 radical (unpaired) electrons. The van der Waals surface area contributed by atoms with E-state index in [9.17, 15) is 9.90 Å². The minimum absolute atomic E-state index is 0.0816. The summed E-state index contributed by atoms with van der Waals surface area (Å²) in [6, 6.07) is 16.2. The van der Waals surface area contributed by atoms with Gasteiger partial charge < -0.3 is 5.11 Å².